The molecule has 1 aliphatic carbocycles. The number of nitrogens with one attached hydrogen (secondary N) is 1. The van der Waals surface area contributed by atoms with E-state index in [-0.39, 0.29) is 18.2 Å². The Morgan fingerprint density at radius 3 is 2.77 bits per heavy atom. The van der Waals surface area contributed by atoms with E-state index in [2.05, 4.69) is 21.0 Å². The molecule has 1 saturated carbocycles. The Morgan fingerprint density at radius 2 is 2.03 bits per heavy atom. The summed E-state index contributed by atoms with van der Waals surface area (Å²) >= 11 is 0. The highest BCUT2D eigenvalue weighted by molar-refractivity contribution is 7.89. The van der Waals surface area contributed by atoms with Crippen LogP contribution in [0, 0.1) is 5.92 Å². The maximum absolute atomic E-state index is 12.8. The minimum absolute atomic E-state index is 0.175. The molecule has 1 saturated heterocycles. The van der Waals surface area contributed by atoms with Crippen molar-refractivity contribution in [2.75, 3.05) is 18.8 Å². The Morgan fingerprint density at radius 1 is 1.23 bits per heavy atom. The first-order valence-electron chi connectivity index (χ1n) is 10.7. The summed E-state index contributed by atoms with van der Waals surface area (Å²) in [6.07, 6.45) is 11.9. The summed E-state index contributed by atoms with van der Waals surface area (Å²) in [7, 11) is -3.32. The summed E-state index contributed by atoms with van der Waals surface area (Å²) in [6.45, 7) is 2.35. The van der Waals surface area contributed by atoms with Crippen LogP contribution in [0.2, 0.25) is 0 Å². The van der Waals surface area contributed by atoms with Crippen LogP contribution >= 0.6 is 0 Å². The van der Waals surface area contributed by atoms with Crippen molar-refractivity contribution in [2.45, 2.75) is 50.5 Å². The maximum atomic E-state index is 12.8. The Kier molecular flexibility index (Phi) is 4.83. The lowest BCUT2D eigenvalue weighted by Gasteiger charge is -2.30. The van der Waals surface area contributed by atoms with Crippen LogP contribution in [0.25, 0.3) is 21.8 Å². The Hall–Kier alpha value is -2.03. The number of rotatable bonds is 4. The van der Waals surface area contributed by atoms with Crippen LogP contribution in [-0.4, -0.2) is 57.2 Å². The first kappa shape index (κ1) is 19.9. The highest BCUT2D eigenvalue weighted by atomic mass is 32.2. The summed E-state index contributed by atoms with van der Waals surface area (Å²) in [5.74, 6) is 0.747. The van der Waals surface area contributed by atoms with E-state index in [9.17, 15) is 13.5 Å². The number of nitrogens with zero attached hydrogens (tertiary/aromatic N) is 3. The van der Waals surface area contributed by atoms with Crippen LogP contribution in [0.15, 0.2) is 30.9 Å². The second-order valence-electron chi connectivity index (χ2n) is 9.27. The third kappa shape index (κ3) is 3.61. The van der Waals surface area contributed by atoms with E-state index in [1.165, 1.54) is 15.3 Å². The van der Waals surface area contributed by atoms with E-state index in [0.29, 0.717) is 18.9 Å². The average molecular weight is 429 g/mol. The number of pyridine rings is 2. The number of H-pyrrole nitrogens is 1. The van der Waals surface area contributed by atoms with Crippen molar-refractivity contribution < 1.29 is 13.5 Å². The SMILES string of the molecule is CC1(O)CCN(S(=O)(=O)CC2CCC(c3cncc4cnc5[nH]ccc5c34)CC2)C1. The van der Waals surface area contributed by atoms with Crippen molar-refractivity contribution in [1.82, 2.24) is 19.3 Å². The Labute approximate surface area is 176 Å². The topological polar surface area (TPSA) is 99.2 Å². The van der Waals surface area contributed by atoms with Gasteiger partial charge in [0, 0.05) is 54.0 Å². The molecule has 0 radical (unpaired) electrons. The molecule has 5 rings (SSSR count). The predicted molar refractivity (Wildman–Crippen MR) is 117 cm³/mol. The molecule has 160 valence electrons. The van der Waals surface area contributed by atoms with E-state index in [1.54, 1.807) is 6.92 Å². The second kappa shape index (κ2) is 7.28. The zero-order valence-electron chi connectivity index (χ0n) is 17.2. The molecule has 1 aliphatic heterocycles. The number of hydrogen-bond donors (Lipinski definition) is 2. The number of hydrogen-bond acceptors (Lipinski definition) is 5. The van der Waals surface area contributed by atoms with Crippen LogP contribution < -0.4 is 0 Å². The largest absolute Gasteiger partial charge is 0.389 e. The molecular formula is C22H28N4O3S. The van der Waals surface area contributed by atoms with Gasteiger partial charge in [0.1, 0.15) is 5.65 Å². The molecule has 30 heavy (non-hydrogen) atoms. The summed E-state index contributed by atoms with van der Waals surface area (Å²) in [6, 6.07) is 2.07. The fourth-order valence-electron chi connectivity index (χ4n) is 5.20. The maximum Gasteiger partial charge on any atom is 0.214 e. The third-order valence-electron chi connectivity index (χ3n) is 6.87. The predicted octanol–water partition coefficient (Wildman–Crippen LogP) is 3.17. The average Bonchev–Trinajstić information content (AvgIpc) is 3.34. The molecule has 0 aromatic carbocycles. The molecule has 0 bridgehead atoms. The lowest BCUT2D eigenvalue weighted by molar-refractivity contribution is 0.0762. The van der Waals surface area contributed by atoms with Gasteiger partial charge in [0.25, 0.3) is 0 Å². The number of aromatic nitrogens is 3. The summed E-state index contributed by atoms with van der Waals surface area (Å²) < 4.78 is 27.1. The standard InChI is InChI=1S/C22H28N4O3S/c1-22(27)7-9-26(14-22)30(28,29)13-15-2-4-16(5-3-15)19-12-23-10-17-11-25-21-18(20(17)19)6-8-24-21/h6,8,10-12,15-16,27H,2-5,7,9,13-14H2,1H3,(H,24,25). The van der Waals surface area contributed by atoms with Crippen LogP contribution in [0.4, 0.5) is 0 Å². The Balaban J connectivity index is 1.32. The van der Waals surface area contributed by atoms with Gasteiger partial charge in [-0.15, -0.1) is 0 Å². The smallest absolute Gasteiger partial charge is 0.214 e. The highest BCUT2D eigenvalue weighted by Gasteiger charge is 2.39. The van der Waals surface area contributed by atoms with Gasteiger partial charge in [0.15, 0.2) is 0 Å². The van der Waals surface area contributed by atoms with Gasteiger partial charge in [0.2, 0.25) is 10.0 Å². The number of β-amino-alcohol motifs (C(OH)–C–C–N with tert-alkyl or cyclic N) is 1. The molecule has 3 aromatic rings. The normalized spacial score (nSPS) is 28.5. The van der Waals surface area contributed by atoms with Gasteiger partial charge in [0.05, 0.1) is 11.4 Å². The fraction of sp³-hybridized carbons (Fsp3) is 0.545. The van der Waals surface area contributed by atoms with Crippen molar-refractivity contribution in [3.63, 3.8) is 0 Å². The van der Waals surface area contributed by atoms with Crippen LogP contribution in [0.1, 0.15) is 50.5 Å². The molecule has 7 nitrogen and oxygen atoms in total. The van der Waals surface area contributed by atoms with Crippen LogP contribution in [0.3, 0.4) is 0 Å². The quantitative estimate of drug-likeness (QED) is 0.665. The van der Waals surface area contributed by atoms with Gasteiger partial charge >= 0.3 is 0 Å². The molecule has 4 heterocycles. The minimum Gasteiger partial charge on any atom is -0.389 e. The lowest BCUT2D eigenvalue weighted by atomic mass is 9.78. The zero-order chi connectivity index (χ0) is 20.9. The van der Waals surface area contributed by atoms with E-state index in [4.69, 9.17) is 0 Å². The van der Waals surface area contributed by atoms with Crippen LogP contribution in [0.5, 0.6) is 0 Å². The molecule has 8 heteroatoms. The molecular weight excluding hydrogens is 400 g/mol. The summed E-state index contributed by atoms with van der Waals surface area (Å²) in [5, 5.41) is 13.5. The van der Waals surface area contributed by atoms with Crippen molar-refractivity contribution >= 4 is 31.8 Å². The van der Waals surface area contributed by atoms with E-state index >= 15 is 0 Å². The minimum atomic E-state index is -3.32. The number of fused-ring (bicyclic) bond motifs is 3. The third-order valence-corrected chi connectivity index (χ3v) is 8.87. The molecule has 0 spiro atoms. The van der Waals surface area contributed by atoms with Gasteiger partial charge in [-0.1, -0.05) is 0 Å². The van der Waals surface area contributed by atoms with Gasteiger partial charge < -0.3 is 10.1 Å². The number of aliphatic hydroxyl groups is 1. The van der Waals surface area contributed by atoms with Gasteiger partial charge in [-0.2, -0.15) is 4.31 Å². The number of aromatic amines is 1. The Bertz CT molecular complexity index is 1180. The molecule has 1 atom stereocenters. The van der Waals surface area contributed by atoms with E-state index in [1.807, 2.05) is 24.8 Å². The molecule has 0 amide bonds. The van der Waals surface area contributed by atoms with E-state index in [0.717, 1.165) is 42.1 Å². The van der Waals surface area contributed by atoms with Gasteiger partial charge in [-0.3, -0.25) is 4.98 Å². The molecule has 2 fully saturated rings. The monoisotopic (exact) mass is 428 g/mol. The van der Waals surface area contributed by atoms with Gasteiger partial charge in [-0.25, -0.2) is 13.4 Å². The molecule has 3 aromatic heterocycles. The first-order chi connectivity index (χ1) is 14.3. The zero-order valence-corrected chi connectivity index (χ0v) is 18.0. The van der Waals surface area contributed by atoms with Crippen molar-refractivity contribution in [3.05, 3.63) is 36.4 Å². The van der Waals surface area contributed by atoms with Gasteiger partial charge in [-0.05, 0) is 62.5 Å². The summed E-state index contributed by atoms with van der Waals surface area (Å²) in [4.78, 5) is 12.1. The summed E-state index contributed by atoms with van der Waals surface area (Å²) in [5.41, 5.74) is 1.23. The van der Waals surface area contributed by atoms with Crippen LogP contribution in [-0.2, 0) is 10.0 Å². The van der Waals surface area contributed by atoms with Crippen molar-refractivity contribution in [1.29, 1.82) is 0 Å². The number of sulfonamides is 1. The molecule has 2 N–H and O–H groups in total. The molecule has 2 aliphatic rings. The van der Waals surface area contributed by atoms with Crippen molar-refractivity contribution in [2.24, 2.45) is 5.92 Å². The second-order valence-corrected chi connectivity index (χ2v) is 11.3. The van der Waals surface area contributed by atoms with E-state index < -0.39 is 15.6 Å². The lowest BCUT2D eigenvalue weighted by Crippen LogP contribution is -2.37. The van der Waals surface area contributed by atoms with Crippen molar-refractivity contribution in [3.8, 4) is 0 Å². The molecule has 1 unspecified atom stereocenters. The first-order valence-corrected chi connectivity index (χ1v) is 12.3. The fourth-order valence-corrected chi connectivity index (χ4v) is 7.18. The highest BCUT2D eigenvalue weighted by Crippen LogP contribution is 2.40.